The molecule has 0 radical (unpaired) electrons. The Morgan fingerprint density at radius 3 is 2.92 bits per heavy atom. The Morgan fingerprint density at radius 2 is 2.38 bits per heavy atom. The van der Waals surface area contributed by atoms with Gasteiger partial charge in [-0.1, -0.05) is 6.92 Å². The van der Waals surface area contributed by atoms with Crippen molar-refractivity contribution in [2.45, 2.75) is 39.3 Å². The van der Waals surface area contributed by atoms with Crippen LogP contribution in [0.25, 0.3) is 0 Å². The van der Waals surface area contributed by atoms with E-state index in [4.69, 9.17) is 5.73 Å². The molecule has 1 saturated carbocycles. The monoisotopic (exact) mass is 179 g/mol. The number of hydrogen-bond donors (Lipinski definition) is 1. The first-order valence-corrected chi connectivity index (χ1v) is 4.86. The Kier molecular flexibility index (Phi) is 1.91. The maximum absolute atomic E-state index is 5.84. The molecular formula is C10H17N3. The van der Waals surface area contributed by atoms with Crippen LogP contribution in [0.5, 0.6) is 0 Å². The standard InChI is InChI=1S/C10H17N3/c1-8(11)9-5-12-7-13(9)6-10(2)3-4-10/h5,7-8H,3-4,6,11H2,1-2H3/t8-/m1/s1. The van der Waals surface area contributed by atoms with Gasteiger partial charge in [-0.15, -0.1) is 0 Å². The molecule has 0 aliphatic heterocycles. The van der Waals surface area contributed by atoms with Gasteiger partial charge in [0.05, 0.1) is 12.0 Å². The van der Waals surface area contributed by atoms with Crippen molar-refractivity contribution in [1.29, 1.82) is 0 Å². The van der Waals surface area contributed by atoms with Gasteiger partial charge in [0.15, 0.2) is 0 Å². The first kappa shape index (κ1) is 8.75. The highest BCUT2D eigenvalue weighted by Crippen LogP contribution is 2.46. The van der Waals surface area contributed by atoms with Crippen molar-refractivity contribution in [2.75, 3.05) is 0 Å². The summed E-state index contributed by atoms with van der Waals surface area (Å²) in [7, 11) is 0. The molecule has 72 valence electrons. The molecule has 0 bridgehead atoms. The average molecular weight is 179 g/mol. The van der Waals surface area contributed by atoms with E-state index in [0.717, 1.165) is 12.2 Å². The molecular weight excluding hydrogens is 162 g/mol. The number of nitrogens with zero attached hydrogens (tertiary/aromatic N) is 2. The van der Waals surface area contributed by atoms with Crippen LogP contribution in [-0.4, -0.2) is 9.55 Å². The van der Waals surface area contributed by atoms with Crippen LogP contribution in [0.15, 0.2) is 12.5 Å². The topological polar surface area (TPSA) is 43.8 Å². The van der Waals surface area contributed by atoms with Crippen molar-refractivity contribution < 1.29 is 0 Å². The minimum Gasteiger partial charge on any atom is -0.333 e. The van der Waals surface area contributed by atoms with Crippen LogP contribution in [0.2, 0.25) is 0 Å². The van der Waals surface area contributed by atoms with E-state index in [1.54, 1.807) is 0 Å². The molecule has 2 N–H and O–H groups in total. The summed E-state index contributed by atoms with van der Waals surface area (Å²) < 4.78 is 2.19. The zero-order valence-electron chi connectivity index (χ0n) is 8.33. The Hall–Kier alpha value is -0.830. The highest BCUT2D eigenvalue weighted by Gasteiger charge is 2.37. The lowest BCUT2D eigenvalue weighted by Crippen LogP contribution is -2.15. The molecule has 1 aromatic rings. The normalized spacial score (nSPS) is 21.5. The van der Waals surface area contributed by atoms with Gasteiger partial charge in [0.25, 0.3) is 0 Å². The summed E-state index contributed by atoms with van der Waals surface area (Å²) in [5, 5.41) is 0. The second-order valence-corrected chi connectivity index (χ2v) is 4.55. The van der Waals surface area contributed by atoms with Crippen LogP contribution in [0, 0.1) is 5.41 Å². The van der Waals surface area contributed by atoms with Crippen LogP contribution in [0.1, 0.15) is 38.4 Å². The minimum absolute atomic E-state index is 0.0878. The van der Waals surface area contributed by atoms with E-state index < -0.39 is 0 Å². The SMILES string of the molecule is C[C@@H](N)c1cncn1CC1(C)CC1. The number of nitrogens with two attached hydrogens (primary N) is 1. The van der Waals surface area contributed by atoms with Crippen molar-refractivity contribution in [1.82, 2.24) is 9.55 Å². The Labute approximate surface area is 79.0 Å². The summed E-state index contributed by atoms with van der Waals surface area (Å²) in [6, 6.07) is 0.0878. The van der Waals surface area contributed by atoms with E-state index in [-0.39, 0.29) is 6.04 Å². The smallest absolute Gasteiger partial charge is 0.0948 e. The fourth-order valence-electron chi connectivity index (χ4n) is 1.62. The highest BCUT2D eigenvalue weighted by molar-refractivity contribution is 5.05. The summed E-state index contributed by atoms with van der Waals surface area (Å²) in [5.41, 5.74) is 7.50. The average Bonchev–Trinajstić information content (AvgIpc) is 2.63. The van der Waals surface area contributed by atoms with Crippen molar-refractivity contribution in [3.8, 4) is 0 Å². The summed E-state index contributed by atoms with van der Waals surface area (Å²) >= 11 is 0. The summed E-state index contributed by atoms with van der Waals surface area (Å²) in [5.74, 6) is 0. The third kappa shape index (κ3) is 1.75. The van der Waals surface area contributed by atoms with Gasteiger partial charge in [-0.3, -0.25) is 0 Å². The van der Waals surface area contributed by atoms with Gasteiger partial charge in [-0.25, -0.2) is 4.98 Å². The predicted molar refractivity (Wildman–Crippen MR) is 52.2 cm³/mol. The van der Waals surface area contributed by atoms with Gasteiger partial charge in [-0.05, 0) is 25.2 Å². The fourth-order valence-corrected chi connectivity index (χ4v) is 1.62. The van der Waals surface area contributed by atoms with Crippen LogP contribution >= 0.6 is 0 Å². The molecule has 1 atom stereocenters. The van der Waals surface area contributed by atoms with E-state index in [1.165, 1.54) is 12.8 Å². The molecule has 13 heavy (non-hydrogen) atoms. The lowest BCUT2D eigenvalue weighted by atomic mass is 10.1. The third-order valence-electron chi connectivity index (χ3n) is 2.87. The minimum atomic E-state index is 0.0878. The second-order valence-electron chi connectivity index (χ2n) is 4.55. The number of aromatic nitrogens is 2. The molecule has 1 aliphatic carbocycles. The van der Waals surface area contributed by atoms with E-state index in [9.17, 15) is 0 Å². The first-order valence-electron chi connectivity index (χ1n) is 4.86. The van der Waals surface area contributed by atoms with Gasteiger partial charge in [0, 0.05) is 18.8 Å². The molecule has 1 aromatic heterocycles. The highest BCUT2D eigenvalue weighted by atomic mass is 15.1. The zero-order chi connectivity index (χ0) is 9.47. The fraction of sp³-hybridized carbons (Fsp3) is 0.700. The van der Waals surface area contributed by atoms with Crippen LogP contribution in [0.3, 0.4) is 0 Å². The number of imidazole rings is 1. The molecule has 3 nitrogen and oxygen atoms in total. The van der Waals surface area contributed by atoms with Crippen molar-refractivity contribution >= 4 is 0 Å². The van der Waals surface area contributed by atoms with Gasteiger partial charge in [0.1, 0.15) is 0 Å². The molecule has 3 heteroatoms. The van der Waals surface area contributed by atoms with E-state index >= 15 is 0 Å². The largest absolute Gasteiger partial charge is 0.333 e. The van der Waals surface area contributed by atoms with Crippen molar-refractivity contribution in [3.63, 3.8) is 0 Å². The molecule has 0 saturated heterocycles. The van der Waals surface area contributed by atoms with Crippen LogP contribution in [-0.2, 0) is 6.54 Å². The molecule has 0 spiro atoms. The molecule has 0 unspecified atom stereocenters. The molecule has 1 heterocycles. The van der Waals surface area contributed by atoms with Crippen LogP contribution < -0.4 is 5.73 Å². The van der Waals surface area contributed by atoms with Gasteiger partial charge in [-0.2, -0.15) is 0 Å². The molecule has 2 rings (SSSR count). The quantitative estimate of drug-likeness (QED) is 0.767. The third-order valence-corrected chi connectivity index (χ3v) is 2.87. The van der Waals surface area contributed by atoms with Crippen molar-refractivity contribution in [3.05, 3.63) is 18.2 Å². The van der Waals surface area contributed by atoms with E-state index in [0.29, 0.717) is 5.41 Å². The maximum Gasteiger partial charge on any atom is 0.0948 e. The van der Waals surface area contributed by atoms with Gasteiger partial charge < -0.3 is 10.3 Å². The summed E-state index contributed by atoms with van der Waals surface area (Å²) in [4.78, 5) is 4.14. The Morgan fingerprint density at radius 1 is 1.69 bits per heavy atom. The lowest BCUT2D eigenvalue weighted by Gasteiger charge is -2.14. The first-order chi connectivity index (χ1) is 6.11. The number of hydrogen-bond acceptors (Lipinski definition) is 2. The van der Waals surface area contributed by atoms with Gasteiger partial charge in [0.2, 0.25) is 0 Å². The summed E-state index contributed by atoms with van der Waals surface area (Å²) in [6.45, 7) is 5.39. The lowest BCUT2D eigenvalue weighted by molar-refractivity contribution is 0.448. The molecule has 0 aromatic carbocycles. The Balaban J connectivity index is 2.15. The predicted octanol–water partition coefficient (Wildman–Crippen LogP) is 1.70. The van der Waals surface area contributed by atoms with E-state index in [1.807, 2.05) is 19.4 Å². The maximum atomic E-state index is 5.84. The van der Waals surface area contributed by atoms with Crippen molar-refractivity contribution in [2.24, 2.45) is 11.1 Å². The molecule has 1 fully saturated rings. The zero-order valence-corrected chi connectivity index (χ0v) is 8.33. The van der Waals surface area contributed by atoms with Crippen LogP contribution in [0.4, 0.5) is 0 Å². The van der Waals surface area contributed by atoms with E-state index in [2.05, 4.69) is 16.5 Å². The molecule has 1 aliphatic rings. The van der Waals surface area contributed by atoms with Gasteiger partial charge >= 0.3 is 0 Å². The molecule has 0 amide bonds. The second kappa shape index (κ2) is 2.84. The number of rotatable bonds is 3. The Bertz CT molecular complexity index is 297. The summed E-state index contributed by atoms with van der Waals surface area (Å²) in [6.07, 6.45) is 6.44.